The number of cyclic esters (lactones) is 1. The highest BCUT2D eigenvalue weighted by molar-refractivity contribution is 5.98. The number of hydrogen-bond acceptors (Lipinski definition) is 5. The largest absolute Gasteiger partial charge is 0.439 e. The molecule has 1 fully saturated rings. The summed E-state index contributed by atoms with van der Waals surface area (Å²) in [5.41, 5.74) is 0.732. The van der Waals surface area contributed by atoms with Gasteiger partial charge in [-0.1, -0.05) is 6.07 Å². The zero-order valence-corrected chi connectivity index (χ0v) is 10.5. The minimum atomic E-state index is -0.698. The Morgan fingerprint density at radius 3 is 2.90 bits per heavy atom. The molecule has 1 saturated heterocycles. The number of ether oxygens (including phenoxy) is 1. The molecule has 0 aromatic heterocycles. The first-order valence-corrected chi connectivity index (χ1v) is 5.87. The molecule has 0 spiro atoms. The normalized spacial score (nSPS) is 13.8. The minimum Gasteiger partial charge on any atom is -0.439 e. The Morgan fingerprint density at radius 2 is 2.25 bits per heavy atom. The van der Waals surface area contributed by atoms with Crippen LogP contribution in [-0.4, -0.2) is 42.5 Å². The Morgan fingerprint density at radius 1 is 1.45 bits per heavy atom. The van der Waals surface area contributed by atoms with Crippen LogP contribution in [0.25, 0.3) is 0 Å². The molecule has 0 atom stereocenters. The van der Waals surface area contributed by atoms with Gasteiger partial charge in [-0.15, -0.1) is 0 Å². The van der Waals surface area contributed by atoms with Crippen molar-refractivity contribution in [1.29, 1.82) is 5.26 Å². The summed E-state index contributed by atoms with van der Waals surface area (Å²) in [5, 5.41) is 11.3. The summed E-state index contributed by atoms with van der Waals surface area (Å²) in [5.74, 6) is -0.794. The molecule has 0 saturated carbocycles. The molecule has 0 bridgehead atoms. The van der Waals surface area contributed by atoms with E-state index in [1.165, 1.54) is 6.07 Å². The molecule has 1 aliphatic heterocycles. The van der Waals surface area contributed by atoms with Crippen molar-refractivity contribution in [2.75, 3.05) is 19.7 Å². The van der Waals surface area contributed by atoms with Gasteiger partial charge < -0.3 is 10.1 Å². The van der Waals surface area contributed by atoms with Crippen LogP contribution in [0.2, 0.25) is 0 Å². The molecule has 7 heteroatoms. The highest BCUT2D eigenvalue weighted by atomic mass is 16.6. The number of rotatable bonds is 4. The van der Waals surface area contributed by atoms with Gasteiger partial charge in [0.05, 0.1) is 11.6 Å². The maximum absolute atomic E-state index is 11.8. The maximum atomic E-state index is 11.8. The smallest absolute Gasteiger partial charge is 0.417 e. The molecule has 2 rings (SSSR count). The van der Waals surface area contributed by atoms with Crippen LogP contribution in [0.1, 0.15) is 15.9 Å². The minimum absolute atomic E-state index is 0.0569. The van der Waals surface area contributed by atoms with E-state index in [4.69, 9.17) is 5.26 Å². The van der Waals surface area contributed by atoms with Crippen LogP contribution in [0, 0.1) is 11.3 Å². The van der Waals surface area contributed by atoms with Crippen molar-refractivity contribution in [3.05, 3.63) is 35.4 Å². The quantitative estimate of drug-likeness (QED) is 0.848. The molecular formula is C13H11N3O4. The summed E-state index contributed by atoms with van der Waals surface area (Å²) < 4.78 is 4.54. The van der Waals surface area contributed by atoms with Crippen molar-refractivity contribution in [2.45, 2.75) is 0 Å². The summed E-state index contributed by atoms with van der Waals surface area (Å²) >= 11 is 0. The molecular weight excluding hydrogens is 262 g/mol. The number of imide groups is 1. The Kier molecular flexibility index (Phi) is 3.96. The number of hydrogen-bond donors (Lipinski definition) is 1. The molecule has 0 radical (unpaired) electrons. The van der Waals surface area contributed by atoms with Crippen LogP contribution in [0.5, 0.6) is 0 Å². The standard InChI is InChI=1S/C13H11N3O4/c14-7-9-2-1-3-10(6-9)12(18)15-4-5-16-11(17)8-20-13(16)19/h1-3,6H,4-5,8H2,(H,15,18). The van der Waals surface area contributed by atoms with Crippen LogP contribution in [0.3, 0.4) is 0 Å². The predicted octanol–water partition coefficient (Wildman–Crippen LogP) is 0.267. The van der Waals surface area contributed by atoms with Gasteiger partial charge in [-0.3, -0.25) is 9.59 Å². The van der Waals surface area contributed by atoms with Gasteiger partial charge in [-0.25, -0.2) is 9.69 Å². The van der Waals surface area contributed by atoms with Crippen LogP contribution in [0.15, 0.2) is 24.3 Å². The van der Waals surface area contributed by atoms with E-state index in [0.29, 0.717) is 11.1 Å². The highest BCUT2D eigenvalue weighted by Gasteiger charge is 2.30. The van der Waals surface area contributed by atoms with Gasteiger partial charge in [-0.05, 0) is 18.2 Å². The Hall–Kier alpha value is -2.88. The first-order valence-electron chi connectivity index (χ1n) is 5.87. The van der Waals surface area contributed by atoms with E-state index >= 15 is 0 Å². The van der Waals surface area contributed by atoms with Crippen molar-refractivity contribution in [3.63, 3.8) is 0 Å². The first-order chi connectivity index (χ1) is 9.61. The van der Waals surface area contributed by atoms with Crippen molar-refractivity contribution >= 4 is 17.9 Å². The second kappa shape index (κ2) is 5.84. The molecule has 102 valence electrons. The van der Waals surface area contributed by atoms with E-state index in [-0.39, 0.29) is 25.6 Å². The van der Waals surface area contributed by atoms with Gasteiger partial charge in [0.1, 0.15) is 0 Å². The second-order valence-electron chi connectivity index (χ2n) is 4.05. The SMILES string of the molecule is N#Cc1cccc(C(=O)NCCN2C(=O)COC2=O)c1. The molecule has 3 amide bonds. The topological polar surface area (TPSA) is 99.5 Å². The van der Waals surface area contributed by atoms with Gasteiger partial charge in [0.15, 0.2) is 6.61 Å². The third-order valence-corrected chi connectivity index (χ3v) is 2.72. The van der Waals surface area contributed by atoms with Crippen LogP contribution < -0.4 is 5.32 Å². The summed E-state index contributed by atoms with van der Waals surface area (Å²) in [4.78, 5) is 35.1. The van der Waals surface area contributed by atoms with Gasteiger partial charge in [0.25, 0.3) is 11.8 Å². The Bertz CT molecular complexity index is 590. The molecule has 0 aliphatic carbocycles. The fraction of sp³-hybridized carbons (Fsp3) is 0.231. The molecule has 1 aliphatic rings. The summed E-state index contributed by atoms with van der Waals surface area (Å²) in [6.07, 6.45) is -0.698. The monoisotopic (exact) mass is 273 g/mol. The zero-order valence-electron chi connectivity index (χ0n) is 10.5. The van der Waals surface area contributed by atoms with Gasteiger partial charge >= 0.3 is 6.09 Å². The fourth-order valence-corrected chi connectivity index (χ4v) is 1.71. The number of amides is 3. The lowest BCUT2D eigenvalue weighted by molar-refractivity contribution is -0.125. The van der Waals surface area contributed by atoms with Crippen molar-refractivity contribution in [3.8, 4) is 6.07 Å². The average Bonchev–Trinajstić information content (AvgIpc) is 2.79. The second-order valence-corrected chi connectivity index (χ2v) is 4.05. The van der Waals surface area contributed by atoms with Gasteiger partial charge in [0, 0.05) is 18.7 Å². The third kappa shape index (κ3) is 2.92. The van der Waals surface area contributed by atoms with Gasteiger partial charge in [0.2, 0.25) is 0 Å². The number of nitrogens with zero attached hydrogens (tertiary/aromatic N) is 2. The van der Waals surface area contributed by atoms with Crippen LogP contribution in [0.4, 0.5) is 4.79 Å². The Labute approximate surface area is 114 Å². The van der Waals surface area contributed by atoms with Crippen molar-refractivity contribution < 1.29 is 19.1 Å². The lowest BCUT2D eigenvalue weighted by Gasteiger charge is -2.11. The van der Waals surface area contributed by atoms with Gasteiger partial charge in [-0.2, -0.15) is 5.26 Å². The summed E-state index contributed by atoms with van der Waals surface area (Å²) in [6.45, 7) is -0.0746. The molecule has 1 heterocycles. The molecule has 1 aromatic rings. The number of nitrogens with one attached hydrogen (secondary N) is 1. The van der Waals surface area contributed by atoms with Crippen molar-refractivity contribution in [1.82, 2.24) is 10.2 Å². The maximum Gasteiger partial charge on any atom is 0.417 e. The Balaban J connectivity index is 1.88. The summed E-state index contributed by atoms with van der Waals surface area (Å²) in [7, 11) is 0. The van der Waals surface area contributed by atoms with E-state index in [2.05, 4.69) is 10.1 Å². The highest BCUT2D eigenvalue weighted by Crippen LogP contribution is 2.05. The van der Waals surface area contributed by atoms with Crippen LogP contribution in [-0.2, 0) is 9.53 Å². The van der Waals surface area contributed by atoms with E-state index in [1.807, 2.05) is 6.07 Å². The van der Waals surface area contributed by atoms with E-state index in [9.17, 15) is 14.4 Å². The molecule has 7 nitrogen and oxygen atoms in total. The van der Waals surface area contributed by atoms with E-state index in [1.54, 1.807) is 18.2 Å². The first kappa shape index (κ1) is 13.5. The predicted molar refractivity (Wildman–Crippen MR) is 66.6 cm³/mol. The number of nitriles is 1. The number of carbonyl (C=O) groups excluding carboxylic acids is 3. The lowest BCUT2D eigenvalue weighted by atomic mass is 10.1. The molecule has 0 unspecified atom stereocenters. The molecule has 1 aromatic carbocycles. The average molecular weight is 273 g/mol. The molecule has 20 heavy (non-hydrogen) atoms. The number of carbonyl (C=O) groups is 3. The van der Waals surface area contributed by atoms with E-state index in [0.717, 1.165) is 4.90 Å². The summed E-state index contributed by atoms with van der Waals surface area (Å²) in [6, 6.07) is 8.18. The lowest BCUT2D eigenvalue weighted by Crippen LogP contribution is -2.37. The van der Waals surface area contributed by atoms with Crippen LogP contribution >= 0.6 is 0 Å². The van der Waals surface area contributed by atoms with E-state index < -0.39 is 12.0 Å². The fourth-order valence-electron chi connectivity index (χ4n) is 1.71. The molecule has 1 N–H and O–H groups in total. The number of benzene rings is 1. The van der Waals surface area contributed by atoms with Crippen molar-refractivity contribution in [2.24, 2.45) is 0 Å². The third-order valence-electron chi connectivity index (χ3n) is 2.72. The zero-order chi connectivity index (χ0) is 14.5.